The molecule has 0 aromatic heterocycles. The summed E-state index contributed by atoms with van der Waals surface area (Å²) in [5, 5.41) is 6.69. The summed E-state index contributed by atoms with van der Waals surface area (Å²) in [7, 11) is 2.02. The molecule has 0 saturated carbocycles. The van der Waals surface area contributed by atoms with Crippen LogP contribution in [-0.2, 0) is 0 Å². The van der Waals surface area contributed by atoms with Crippen LogP contribution in [0.25, 0.3) is 0 Å². The maximum Gasteiger partial charge on any atom is 0.0369 e. The van der Waals surface area contributed by atoms with E-state index < -0.39 is 0 Å². The molecule has 0 aliphatic carbocycles. The maximum absolute atomic E-state index is 3.50. The standard InChI is InChI=1S/C15H26N2/c1-14-10-6-7-11-15(14)17-13-9-5-3-4-8-12-16-2/h6-7,10-11,16-17H,3-5,8-9,12-13H2,1-2H3. The molecule has 0 saturated heterocycles. The van der Waals surface area contributed by atoms with Crippen LogP contribution in [0.4, 0.5) is 5.69 Å². The lowest BCUT2D eigenvalue weighted by atomic mass is 10.1. The van der Waals surface area contributed by atoms with Crippen LogP contribution >= 0.6 is 0 Å². The second-order valence-corrected chi connectivity index (χ2v) is 4.61. The van der Waals surface area contributed by atoms with Crippen molar-refractivity contribution in [1.82, 2.24) is 5.32 Å². The molecule has 0 aliphatic heterocycles. The zero-order valence-corrected chi connectivity index (χ0v) is 11.3. The number of hydrogen-bond acceptors (Lipinski definition) is 2. The molecule has 1 aromatic rings. The third-order valence-corrected chi connectivity index (χ3v) is 3.06. The number of nitrogens with one attached hydrogen (secondary N) is 2. The molecule has 0 spiro atoms. The van der Waals surface area contributed by atoms with Gasteiger partial charge >= 0.3 is 0 Å². The Balaban J connectivity index is 1.99. The number of unbranched alkanes of at least 4 members (excludes halogenated alkanes) is 4. The monoisotopic (exact) mass is 234 g/mol. The highest BCUT2D eigenvalue weighted by molar-refractivity contribution is 5.49. The van der Waals surface area contributed by atoms with E-state index in [1.54, 1.807) is 0 Å². The first-order valence-electron chi connectivity index (χ1n) is 6.78. The van der Waals surface area contributed by atoms with Crippen LogP contribution in [0, 0.1) is 6.92 Å². The molecular formula is C15H26N2. The molecule has 0 fully saturated rings. The minimum Gasteiger partial charge on any atom is -0.385 e. The fraction of sp³-hybridized carbons (Fsp3) is 0.600. The Bertz CT molecular complexity index is 297. The summed E-state index contributed by atoms with van der Waals surface area (Å²) in [5.41, 5.74) is 2.62. The topological polar surface area (TPSA) is 24.1 Å². The number of para-hydroxylation sites is 1. The van der Waals surface area contributed by atoms with Crippen molar-refractivity contribution >= 4 is 5.69 Å². The van der Waals surface area contributed by atoms with Gasteiger partial charge in [-0.2, -0.15) is 0 Å². The molecule has 2 heteroatoms. The zero-order valence-electron chi connectivity index (χ0n) is 11.3. The van der Waals surface area contributed by atoms with Gasteiger partial charge in [0.15, 0.2) is 0 Å². The molecule has 0 heterocycles. The van der Waals surface area contributed by atoms with Gasteiger partial charge in [0.2, 0.25) is 0 Å². The Morgan fingerprint density at radius 1 is 0.882 bits per heavy atom. The second kappa shape index (κ2) is 9.06. The smallest absolute Gasteiger partial charge is 0.0369 e. The minimum atomic E-state index is 1.09. The van der Waals surface area contributed by atoms with Crippen molar-refractivity contribution in [2.45, 2.75) is 39.0 Å². The molecule has 0 atom stereocenters. The summed E-state index contributed by atoms with van der Waals surface area (Å²) in [6.45, 7) is 4.40. The first-order valence-corrected chi connectivity index (χ1v) is 6.78. The summed E-state index contributed by atoms with van der Waals surface area (Å²) in [4.78, 5) is 0. The van der Waals surface area contributed by atoms with E-state index in [0.717, 1.165) is 13.1 Å². The van der Waals surface area contributed by atoms with Crippen molar-refractivity contribution in [3.8, 4) is 0 Å². The molecule has 96 valence electrons. The van der Waals surface area contributed by atoms with Gasteiger partial charge in [-0.05, 0) is 45.0 Å². The second-order valence-electron chi connectivity index (χ2n) is 4.61. The van der Waals surface area contributed by atoms with Crippen LogP contribution in [0.3, 0.4) is 0 Å². The van der Waals surface area contributed by atoms with Gasteiger partial charge in [-0.15, -0.1) is 0 Å². The molecule has 1 aromatic carbocycles. The first-order chi connectivity index (χ1) is 8.34. The minimum absolute atomic E-state index is 1.09. The third-order valence-electron chi connectivity index (χ3n) is 3.06. The Labute approximate surface area is 106 Å². The van der Waals surface area contributed by atoms with Gasteiger partial charge in [-0.1, -0.05) is 37.5 Å². The van der Waals surface area contributed by atoms with Crippen LogP contribution in [0.1, 0.15) is 37.7 Å². The van der Waals surface area contributed by atoms with Crippen molar-refractivity contribution in [3.63, 3.8) is 0 Å². The number of aryl methyl sites for hydroxylation is 1. The van der Waals surface area contributed by atoms with E-state index >= 15 is 0 Å². The van der Waals surface area contributed by atoms with E-state index in [4.69, 9.17) is 0 Å². The Hall–Kier alpha value is -1.02. The summed E-state index contributed by atoms with van der Waals surface area (Å²) in [6.07, 6.45) is 6.63. The molecule has 0 amide bonds. The van der Waals surface area contributed by atoms with Crippen molar-refractivity contribution in [3.05, 3.63) is 29.8 Å². The van der Waals surface area contributed by atoms with Gasteiger partial charge in [-0.3, -0.25) is 0 Å². The highest BCUT2D eigenvalue weighted by Crippen LogP contribution is 2.13. The lowest BCUT2D eigenvalue weighted by Gasteiger charge is -2.08. The van der Waals surface area contributed by atoms with Crippen LogP contribution in [-0.4, -0.2) is 20.1 Å². The van der Waals surface area contributed by atoms with E-state index in [9.17, 15) is 0 Å². The molecule has 0 bridgehead atoms. The van der Waals surface area contributed by atoms with Crippen LogP contribution in [0.2, 0.25) is 0 Å². The van der Waals surface area contributed by atoms with Crippen molar-refractivity contribution in [2.75, 3.05) is 25.5 Å². The molecule has 2 nitrogen and oxygen atoms in total. The van der Waals surface area contributed by atoms with Gasteiger partial charge in [0.05, 0.1) is 0 Å². The summed E-state index contributed by atoms with van der Waals surface area (Å²) in [6, 6.07) is 8.48. The SMILES string of the molecule is CNCCCCCCCNc1ccccc1C. The molecule has 0 unspecified atom stereocenters. The van der Waals surface area contributed by atoms with Crippen LogP contribution < -0.4 is 10.6 Å². The van der Waals surface area contributed by atoms with E-state index in [1.807, 2.05) is 7.05 Å². The van der Waals surface area contributed by atoms with Crippen LogP contribution in [0.5, 0.6) is 0 Å². The number of hydrogen-bond donors (Lipinski definition) is 2. The van der Waals surface area contributed by atoms with Gasteiger partial charge in [-0.25, -0.2) is 0 Å². The Kier molecular flexibility index (Phi) is 7.48. The highest BCUT2D eigenvalue weighted by atomic mass is 14.9. The molecule has 0 aliphatic rings. The van der Waals surface area contributed by atoms with E-state index in [-0.39, 0.29) is 0 Å². The first kappa shape index (κ1) is 14.0. The zero-order chi connectivity index (χ0) is 12.3. The fourth-order valence-corrected chi connectivity index (χ4v) is 1.95. The molecular weight excluding hydrogens is 208 g/mol. The number of anilines is 1. The highest BCUT2D eigenvalue weighted by Gasteiger charge is 1.95. The van der Waals surface area contributed by atoms with Gasteiger partial charge in [0.25, 0.3) is 0 Å². The Morgan fingerprint density at radius 2 is 1.53 bits per heavy atom. The quantitative estimate of drug-likeness (QED) is 0.638. The van der Waals surface area contributed by atoms with E-state index in [0.29, 0.717) is 0 Å². The predicted molar refractivity (Wildman–Crippen MR) is 76.7 cm³/mol. The average Bonchev–Trinajstić information content (AvgIpc) is 2.35. The fourth-order valence-electron chi connectivity index (χ4n) is 1.95. The Morgan fingerprint density at radius 3 is 2.24 bits per heavy atom. The normalized spacial score (nSPS) is 10.5. The number of rotatable bonds is 9. The molecule has 1 rings (SSSR count). The van der Waals surface area contributed by atoms with Gasteiger partial charge in [0, 0.05) is 12.2 Å². The summed E-state index contributed by atoms with van der Waals surface area (Å²) >= 11 is 0. The summed E-state index contributed by atoms with van der Waals surface area (Å²) < 4.78 is 0. The predicted octanol–water partition coefficient (Wildman–Crippen LogP) is 3.58. The van der Waals surface area contributed by atoms with Gasteiger partial charge < -0.3 is 10.6 Å². The summed E-state index contributed by atoms with van der Waals surface area (Å²) in [5.74, 6) is 0. The van der Waals surface area contributed by atoms with Crippen LogP contribution in [0.15, 0.2) is 24.3 Å². The van der Waals surface area contributed by atoms with E-state index in [1.165, 1.54) is 43.4 Å². The largest absolute Gasteiger partial charge is 0.385 e. The molecule has 2 N–H and O–H groups in total. The maximum atomic E-state index is 3.50. The van der Waals surface area contributed by atoms with Crippen molar-refractivity contribution < 1.29 is 0 Å². The lowest BCUT2D eigenvalue weighted by Crippen LogP contribution is -2.07. The average molecular weight is 234 g/mol. The van der Waals surface area contributed by atoms with Crippen molar-refractivity contribution in [1.29, 1.82) is 0 Å². The van der Waals surface area contributed by atoms with Gasteiger partial charge in [0.1, 0.15) is 0 Å². The third kappa shape index (κ3) is 6.32. The lowest BCUT2D eigenvalue weighted by molar-refractivity contribution is 0.604. The number of benzene rings is 1. The van der Waals surface area contributed by atoms with E-state index in [2.05, 4.69) is 41.8 Å². The van der Waals surface area contributed by atoms with Crippen molar-refractivity contribution in [2.24, 2.45) is 0 Å². The molecule has 17 heavy (non-hydrogen) atoms. The molecule has 0 radical (unpaired) electrons.